The van der Waals surface area contributed by atoms with Crippen LogP contribution in [0.2, 0.25) is 0 Å². The van der Waals surface area contributed by atoms with Crippen LogP contribution < -0.4 is 11.1 Å². The number of ether oxygens (including phenoxy) is 1. The van der Waals surface area contributed by atoms with Gasteiger partial charge in [0.05, 0.1) is 5.56 Å². The maximum absolute atomic E-state index is 13.5. The number of amides is 1. The van der Waals surface area contributed by atoms with Crippen LogP contribution in [0.1, 0.15) is 18.4 Å². The van der Waals surface area contributed by atoms with Gasteiger partial charge in [-0.25, -0.2) is 4.39 Å². The minimum absolute atomic E-state index is 0.0581. The van der Waals surface area contributed by atoms with Gasteiger partial charge >= 0.3 is 0 Å². The minimum Gasteiger partial charge on any atom is -0.409 e. The normalized spacial score (nSPS) is 16.9. The molecule has 0 aromatic heterocycles. The molecular weight excluding hydrogens is 265 g/mol. The minimum atomic E-state index is -0.621. The molecule has 1 aromatic rings. The second-order valence-electron chi connectivity index (χ2n) is 4.56. The first-order valence-corrected chi connectivity index (χ1v) is 6.28. The fraction of sp³-hybridized carbons (Fsp3) is 0.385. The lowest BCUT2D eigenvalue weighted by Gasteiger charge is -2.21. The first-order valence-electron chi connectivity index (χ1n) is 6.28. The largest absolute Gasteiger partial charge is 0.409 e. The van der Waals surface area contributed by atoms with Gasteiger partial charge in [-0.05, 0) is 31.0 Å². The van der Waals surface area contributed by atoms with Crippen LogP contribution in [0.5, 0.6) is 0 Å². The van der Waals surface area contributed by atoms with Gasteiger partial charge in [0.1, 0.15) is 5.82 Å². The van der Waals surface area contributed by atoms with Crippen LogP contribution in [-0.2, 0) is 9.53 Å². The van der Waals surface area contributed by atoms with Gasteiger partial charge in [0.15, 0.2) is 5.84 Å². The van der Waals surface area contributed by atoms with E-state index >= 15 is 0 Å². The van der Waals surface area contributed by atoms with E-state index in [4.69, 9.17) is 15.7 Å². The van der Waals surface area contributed by atoms with Crippen LogP contribution in [0.3, 0.4) is 0 Å². The van der Waals surface area contributed by atoms with Crippen LogP contribution in [0.15, 0.2) is 23.4 Å². The summed E-state index contributed by atoms with van der Waals surface area (Å²) in [7, 11) is 0. The van der Waals surface area contributed by atoms with Gasteiger partial charge in [-0.15, -0.1) is 0 Å². The summed E-state index contributed by atoms with van der Waals surface area (Å²) in [5, 5.41) is 14.0. The van der Waals surface area contributed by atoms with Crippen molar-refractivity contribution in [1.82, 2.24) is 0 Å². The molecule has 0 radical (unpaired) electrons. The summed E-state index contributed by atoms with van der Waals surface area (Å²) < 4.78 is 18.7. The zero-order chi connectivity index (χ0) is 14.5. The predicted molar refractivity (Wildman–Crippen MR) is 71.1 cm³/mol. The number of anilines is 1. The number of nitrogens with one attached hydrogen (secondary N) is 1. The molecule has 1 heterocycles. The van der Waals surface area contributed by atoms with Crippen LogP contribution in [0.4, 0.5) is 10.1 Å². The molecule has 0 unspecified atom stereocenters. The Kier molecular flexibility index (Phi) is 4.52. The maximum atomic E-state index is 13.5. The number of amidine groups is 1. The van der Waals surface area contributed by atoms with Crippen molar-refractivity contribution in [3.8, 4) is 0 Å². The summed E-state index contributed by atoms with van der Waals surface area (Å²) in [6.07, 6.45) is 1.33. The Balaban J connectivity index is 2.11. The molecule has 6 nitrogen and oxygen atoms in total. The van der Waals surface area contributed by atoms with Gasteiger partial charge in [0.25, 0.3) is 0 Å². The first kappa shape index (κ1) is 14.3. The highest BCUT2D eigenvalue weighted by atomic mass is 19.1. The third-order valence-electron chi connectivity index (χ3n) is 3.21. The van der Waals surface area contributed by atoms with Crippen molar-refractivity contribution >= 4 is 17.4 Å². The summed E-state index contributed by atoms with van der Waals surface area (Å²) in [6, 6.07) is 3.93. The topological polar surface area (TPSA) is 96.9 Å². The van der Waals surface area contributed by atoms with Crippen molar-refractivity contribution in [3.63, 3.8) is 0 Å². The van der Waals surface area contributed by atoms with Crippen molar-refractivity contribution in [1.29, 1.82) is 0 Å². The Morgan fingerprint density at radius 1 is 1.45 bits per heavy atom. The Morgan fingerprint density at radius 3 is 2.80 bits per heavy atom. The predicted octanol–water partition coefficient (Wildman–Crippen LogP) is 1.29. The van der Waals surface area contributed by atoms with Gasteiger partial charge in [-0.2, -0.15) is 0 Å². The summed E-state index contributed by atoms with van der Waals surface area (Å²) >= 11 is 0. The fourth-order valence-electron chi connectivity index (χ4n) is 2.06. The van der Waals surface area contributed by atoms with E-state index in [1.165, 1.54) is 12.1 Å². The SMILES string of the molecule is NC(=NO)c1cc(NC(=O)C2CCOCC2)ccc1F. The smallest absolute Gasteiger partial charge is 0.227 e. The molecule has 0 saturated carbocycles. The number of benzene rings is 1. The molecule has 1 aliphatic heterocycles. The Hall–Kier alpha value is -2.15. The second-order valence-corrected chi connectivity index (χ2v) is 4.56. The lowest BCUT2D eigenvalue weighted by molar-refractivity contribution is -0.122. The molecule has 2 rings (SSSR count). The van der Waals surface area contributed by atoms with E-state index in [1.54, 1.807) is 0 Å². The second kappa shape index (κ2) is 6.33. The molecule has 1 aliphatic rings. The average Bonchev–Trinajstić information content (AvgIpc) is 2.49. The molecule has 1 saturated heterocycles. The molecule has 0 bridgehead atoms. The monoisotopic (exact) mass is 281 g/mol. The Morgan fingerprint density at radius 2 is 2.15 bits per heavy atom. The van der Waals surface area contributed by atoms with Crippen LogP contribution in [-0.4, -0.2) is 30.2 Å². The average molecular weight is 281 g/mol. The van der Waals surface area contributed by atoms with Crippen molar-refractivity contribution < 1.29 is 19.1 Å². The van der Waals surface area contributed by atoms with Gasteiger partial charge < -0.3 is 21.0 Å². The maximum Gasteiger partial charge on any atom is 0.227 e. The highest BCUT2D eigenvalue weighted by Crippen LogP contribution is 2.19. The third kappa shape index (κ3) is 3.24. The number of rotatable bonds is 3. The highest BCUT2D eigenvalue weighted by Gasteiger charge is 2.21. The molecule has 0 aliphatic carbocycles. The van der Waals surface area contributed by atoms with E-state index < -0.39 is 5.82 Å². The van der Waals surface area contributed by atoms with Gasteiger partial charge in [0, 0.05) is 24.8 Å². The molecular formula is C13H16FN3O3. The Bertz CT molecular complexity index is 528. The van der Waals surface area contributed by atoms with Crippen molar-refractivity contribution in [2.45, 2.75) is 12.8 Å². The Labute approximate surface area is 115 Å². The van der Waals surface area contributed by atoms with Gasteiger partial charge in [-0.3, -0.25) is 4.79 Å². The van der Waals surface area contributed by atoms with E-state index in [9.17, 15) is 9.18 Å². The highest BCUT2D eigenvalue weighted by molar-refractivity contribution is 5.99. The number of hydrogen-bond acceptors (Lipinski definition) is 4. The van der Waals surface area contributed by atoms with E-state index in [-0.39, 0.29) is 23.2 Å². The molecule has 1 aromatic carbocycles. The lowest BCUT2D eigenvalue weighted by Crippen LogP contribution is -2.28. The standard InChI is InChI=1S/C13H16FN3O3/c14-11-2-1-9(7-10(11)12(15)17-19)16-13(18)8-3-5-20-6-4-8/h1-2,7-8,19H,3-6H2,(H2,15,17)(H,16,18). The number of carbonyl (C=O) groups excluding carboxylic acids is 1. The van der Waals surface area contributed by atoms with E-state index in [0.29, 0.717) is 31.7 Å². The fourth-order valence-corrected chi connectivity index (χ4v) is 2.06. The number of carbonyl (C=O) groups is 1. The summed E-state index contributed by atoms with van der Waals surface area (Å²) in [5.41, 5.74) is 5.72. The van der Waals surface area contributed by atoms with Gasteiger partial charge in [-0.1, -0.05) is 5.16 Å². The van der Waals surface area contributed by atoms with Crippen molar-refractivity contribution in [3.05, 3.63) is 29.6 Å². The van der Waals surface area contributed by atoms with Crippen LogP contribution in [0.25, 0.3) is 0 Å². The van der Waals surface area contributed by atoms with Gasteiger partial charge in [0.2, 0.25) is 5.91 Å². The third-order valence-corrected chi connectivity index (χ3v) is 3.21. The summed E-state index contributed by atoms with van der Waals surface area (Å²) in [6.45, 7) is 1.13. The zero-order valence-electron chi connectivity index (χ0n) is 10.8. The van der Waals surface area contributed by atoms with E-state index in [1.807, 2.05) is 0 Å². The molecule has 20 heavy (non-hydrogen) atoms. The van der Waals surface area contributed by atoms with Crippen molar-refractivity contribution in [2.75, 3.05) is 18.5 Å². The number of nitrogens with two attached hydrogens (primary N) is 1. The number of oxime groups is 1. The number of nitrogens with zero attached hydrogens (tertiary/aromatic N) is 1. The van der Waals surface area contributed by atoms with E-state index in [0.717, 1.165) is 6.07 Å². The molecule has 1 amide bonds. The molecule has 1 fully saturated rings. The van der Waals surface area contributed by atoms with Crippen molar-refractivity contribution in [2.24, 2.45) is 16.8 Å². The van der Waals surface area contributed by atoms with Crippen LogP contribution in [0, 0.1) is 11.7 Å². The molecule has 7 heteroatoms. The number of hydrogen-bond donors (Lipinski definition) is 3. The molecule has 0 spiro atoms. The molecule has 108 valence electrons. The summed E-state index contributed by atoms with van der Waals surface area (Å²) in [5.74, 6) is -1.21. The van der Waals surface area contributed by atoms with Crippen LogP contribution >= 0.6 is 0 Å². The first-order chi connectivity index (χ1) is 9.61. The zero-order valence-corrected chi connectivity index (χ0v) is 10.8. The summed E-state index contributed by atoms with van der Waals surface area (Å²) in [4.78, 5) is 12.0. The molecule has 0 atom stereocenters. The lowest BCUT2D eigenvalue weighted by atomic mass is 9.99. The quantitative estimate of drug-likeness (QED) is 0.336. The molecule has 4 N–H and O–H groups in total. The van der Waals surface area contributed by atoms with E-state index in [2.05, 4.69) is 10.5 Å². The number of halogens is 1.